The standard InChI is InChI=1S/C24H24N3O3/c1-16(24(29)27-12-6-11-25)13-21-19(14-17-7-3-2-4-8-17)23(28)22-18(15-26)9-5-10-20(22)30-21/h2-5,7-10,13,16H,6,11-12,14,25H2,1H3,(H,27,29). The van der Waals surface area contributed by atoms with E-state index >= 15 is 0 Å². The van der Waals surface area contributed by atoms with Crippen LogP contribution in [0.1, 0.15) is 35.8 Å². The number of carbonyl (C=O) groups is 1. The molecule has 0 aliphatic carbocycles. The fraction of sp³-hybridized carbons (Fsp3) is 0.250. The Morgan fingerprint density at radius 3 is 2.70 bits per heavy atom. The summed E-state index contributed by atoms with van der Waals surface area (Å²) in [4.78, 5) is 25.7. The maximum absolute atomic E-state index is 13.4. The predicted molar refractivity (Wildman–Crippen MR) is 116 cm³/mol. The molecule has 0 aliphatic rings. The van der Waals surface area contributed by atoms with Gasteiger partial charge in [-0.25, -0.2) is 0 Å². The molecule has 0 fully saturated rings. The maximum atomic E-state index is 13.4. The monoisotopic (exact) mass is 402 g/mol. The van der Waals surface area contributed by atoms with Crippen LogP contribution in [0, 0.1) is 23.7 Å². The van der Waals surface area contributed by atoms with Gasteiger partial charge in [-0.2, -0.15) is 5.26 Å². The number of hydrogen-bond acceptors (Lipinski definition) is 5. The van der Waals surface area contributed by atoms with Crippen molar-refractivity contribution in [2.75, 3.05) is 13.1 Å². The zero-order chi connectivity index (χ0) is 21.5. The van der Waals surface area contributed by atoms with Crippen LogP contribution >= 0.6 is 0 Å². The largest absolute Gasteiger partial charge is 0.460 e. The molecule has 6 nitrogen and oxygen atoms in total. The highest BCUT2D eigenvalue weighted by atomic mass is 16.3. The highest BCUT2D eigenvalue weighted by molar-refractivity contribution is 5.84. The van der Waals surface area contributed by atoms with Crippen molar-refractivity contribution < 1.29 is 9.21 Å². The molecule has 1 radical (unpaired) electrons. The van der Waals surface area contributed by atoms with Gasteiger partial charge in [-0.15, -0.1) is 0 Å². The number of benzene rings is 2. The molecule has 153 valence electrons. The van der Waals surface area contributed by atoms with Gasteiger partial charge in [-0.1, -0.05) is 43.3 Å². The molecule has 1 aromatic heterocycles. The molecule has 6 heteroatoms. The van der Waals surface area contributed by atoms with E-state index in [0.717, 1.165) is 5.56 Å². The first-order valence-corrected chi connectivity index (χ1v) is 9.90. The van der Waals surface area contributed by atoms with Gasteiger partial charge in [0.05, 0.1) is 10.9 Å². The molecule has 0 saturated heterocycles. The summed E-state index contributed by atoms with van der Waals surface area (Å²) in [7, 11) is 0. The van der Waals surface area contributed by atoms with E-state index in [1.165, 1.54) is 0 Å². The zero-order valence-corrected chi connectivity index (χ0v) is 16.9. The van der Waals surface area contributed by atoms with E-state index in [-0.39, 0.29) is 22.3 Å². The summed E-state index contributed by atoms with van der Waals surface area (Å²) in [5, 5.41) is 12.5. The van der Waals surface area contributed by atoms with Gasteiger partial charge in [-0.05, 0) is 30.7 Å². The third kappa shape index (κ3) is 4.76. The number of hydrogen-bond donors (Lipinski definition) is 2. The van der Waals surface area contributed by atoms with Gasteiger partial charge in [0, 0.05) is 30.9 Å². The molecule has 2 aromatic carbocycles. The topological polar surface area (TPSA) is 109 Å². The average Bonchev–Trinajstić information content (AvgIpc) is 2.76. The average molecular weight is 402 g/mol. The zero-order valence-electron chi connectivity index (χ0n) is 16.9. The number of nitrogens with zero attached hydrogens (tertiary/aromatic N) is 1. The Morgan fingerprint density at radius 2 is 2.00 bits per heavy atom. The number of carbonyl (C=O) groups excluding carboxylic acids is 1. The van der Waals surface area contributed by atoms with E-state index in [9.17, 15) is 14.9 Å². The SMILES string of the molecule is CC([CH]c1oc2cccc(C#N)c2c(=O)c1Cc1ccccc1)C(=O)NCCCN. The first-order valence-electron chi connectivity index (χ1n) is 9.90. The Labute approximate surface area is 175 Å². The van der Waals surface area contributed by atoms with Crippen LogP contribution in [-0.2, 0) is 11.2 Å². The Balaban J connectivity index is 2.03. The Morgan fingerprint density at radius 1 is 1.23 bits per heavy atom. The number of rotatable bonds is 8. The van der Waals surface area contributed by atoms with Gasteiger partial charge < -0.3 is 15.5 Å². The Hall–Kier alpha value is -3.43. The quantitative estimate of drug-likeness (QED) is 0.563. The summed E-state index contributed by atoms with van der Waals surface area (Å²) in [6.45, 7) is 2.75. The van der Waals surface area contributed by atoms with Gasteiger partial charge in [0.25, 0.3) is 0 Å². The summed E-state index contributed by atoms with van der Waals surface area (Å²) in [5.41, 5.74) is 7.19. The van der Waals surface area contributed by atoms with Crippen LogP contribution in [0.5, 0.6) is 0 Å². The van der Waals surface area contributed by atoms with Crippen molar-refractivity contribution >= 4 is 16.9 Å². The number of nitrogens with two attached hydrogens (primary N) is 1. The summed E-state index contributed by atoms with van der Waals surface area (Å²) >= 11 is 0. The van der Waals surface area contributed by atoms with Crippen molar-refractivity contribution in [2.24, 2.45) is 11.7 Å². The van der Waals surface area contributed by atoms with Gasteiger partial charge in [0.2, 0.25) is 5.91 Å². The molecule has 0 saturated carbocycles. The third-order valence-corrected chi connectivity index (χ3v) is 4.88. The lowest BCUT2D eigenvalue weighted by atomic mass is 9.95. The van der Waals surface area contributed by atoms with Crippen LogP contribution in [0.25, 0.3) is 11.0 Å². The second kappa shape index (κ2) is 9.86. The summed E-state index contributed by atoms with van der Waals surface area (Å²) in [6, 6.07) is 16.5. The first-order chi connectivity index (χ1) is 14.5. The fourth-order valence-electron chi connectivity index (χ4n) is 3.27. The molecule has 0 spiro atoms. The molecule has 1 atom stereocenters. The van der Waals surface area contributed by atoms with Gasteiger partial charge in [0.1, 0.15) is 17.4 Å². The Bertz CT molecular complexity index is 1130. The minimum Gasteiger partial charge on any atom is -0.460 e. The molecule has 3 aromatic rings. The second-order valence-electron chi connectivity index (χ2n) is 7.12. The van der Waals surface area contributed by atoms with Crippen molar-refractivity contribution in [2.45, 2.75) is 19.8 Å². The molecule has 0 bridgehead atoms. The third-order valence-electron chi connectivity index (χ3n) is 4.88. The van der Waals surface area contributed by atoms with Gasteiger partial charge in [-0.3, -0.25) is 9.59 Å². The van der Waals surface area contributed by atoms with E-state index in [2.05, 4.69) is 11.4 Å². The summed E-state index contributed by atoms with van der Waals surface area (Å²) in [6.07, 6.45) is 2.70. The highest BCUT2D eigenvalue weighted by Gasteiger charge is 2.22. The molecule has 1 heterocycles. The van der Waals surface area contributed by atoms with Gasteiger partial charge >= 0.3 is 0 Å². The van der Waals surface area contributed by atoms with E-state index in [1.54, 1.807) is 31.5 Å². The summed E-state index contributed by atoms with van der Waals surface area (Å²) < 4.78 is 6.03. The second-order valence-corrected chi connectivity index (χ2v) is 7.12. The van der Waals surface area contributed by atoms with Crippen molar-refractivity contribution in [1.29, 1.82) is 5.26 Å². The smallest absolute Gasteiger partial charge is 0.223 e. The van der Waals surface area contributed by atoms with Crippen molar-refractivity contribution in [3.63, 3.8) is 0 Å². The van der Waals surface area contributed by atoms with E-state index in [1.807, 2.05) is 30.3 Å². The first kappa shape index (κ1) is 21.3. The molecule has 3 rings (SSSR count). The van der Waals surface area contributed by atoms with Crippen LogP contribution in [-0.4, -0.2) is 19.0 Å². The van der Waals surface area contributed by atoms with E-state index < -0.39 is 5.92 Å². The molecular weight excluding hydrogens is 378 g/mol. The lowest BCUT2D eigenvalue weighted by Gasteiger charge is -2.15. The fourth-order valence-corrected chi connectivity index (χ4v) is 3.27. The molecule has 0 aliphatic heterocycles. The van der Waals surface area contributed by atoms with Crippen LogP contribution in [0.15, 0.2) is 57.7 Å². The Kier molecular flexibility index (Phi) is 6.99. The van der Waals surface area contributed by atoms with Crippen molar-refractivity contribution in [1.82, 2.24) is 5.32 Å². The van der Waals surface area contributed by atoms with Crippen LogP contribution in [0.3, 0.4) is 0 Å². The maximum Gasteiger partial charge on any atom is 0.223 e. The minimum atomic E-state index is -0.503. The normalized spacial score (nSPS) is 11.8. The lowest BCUT2D eigenvalue weighted by molar-refractivity contribution is -0.123. The molecule has 1 amide bonds. The van der Waals surface area contributed by atoms with Crippen molar-refractivity contribution in [3.8, 4) is 6.07 Å². The highest BCUT2D eigenvalue weighted by Crippen LogP contribution is 2.24. The minimum absolute atomic E-state index is 0.164. The van der Waals surface area contributed by atoms with E-state index in [0.29, 0.717) is 42.8 Å². The number of fused-ring (bicyclic) bond motifs is 1. The van der Waals surface area contributed by atoms with Crippen LogP contribution in [0.2, 0.25) is 0 Å². The van der Waals surface area contributed by atoms with Crippen LogP contribution < -0.4 is 16.5 Å². The number of amides is 1. The van der Waals surface area contributed by atoms with Crippen LogP contribution in [0.4, 0.5) is 0 Å². The molecule has 3 N–H and O–H groups in total. The predicted octanol–water partition coefficient (Wildman–Crippen LogP) is 2.91. The van der Waals surface area contributed by atoms with E-state index in [4.69, 9.17) is 10.2 Å². The number of nitrogens with one attached hydrogen (secondary N) is 1. The number of nitriles is 1. The summed E-state index contributed by atoms with van der Waals surface area (Å²) in [5.74, 6) is -0.312. The molecular formula is C24H24N3O3. The molecule has 1 unspecified atom stereocenters. The van der Waals surface area contributed by atoms with Gasteiger partial charge in [0.15, 0.2) is 5.43 Å². The van der Waals surface area contributed by atoms with Crippen molar-refractivity contribution in [3.05, 3.63) is 87.6 Å². The molecule has 30 heavy (non-hydrogen) atoms. The lowest BCUT2D eigenvalue weighted by Crippen LogP contribution is -2.31.